The van der Waals surface area contributed by atoms with Crippen molar-refractivity contribution >= 4 is 15.7 Å². The molecule has 0 radical (unpaired) electrons. The van der Waals surface area contributed by atoms with Gasteiger partial charge in [0.05, 0.1) is 11.4 Å². The highest BCUT2D eigenvalue weighted by Crippen LogP contribution is 2.56. The highest BCUT2D eigenvalue weighted by molar-refractivity contribution is 7.92. The van der Waals surface area contributed by atoms with E-state index in [9.17, 15) is 61.5 Å². The second kappa shape index (κ2) is 10.3. The lowest BCUT2D eigenvalue weighted by Crippen LogP contribution is -2.53. The van der Waals surface area contributed by atoms with Crippen molar-refractivity contribution < 1.29 is 61.5 Å². The largest absolute Gasteiger partial charge is 0.435 e. The summed E-state index contributed by atoms with van der Waals surface area (Å²) in [7, 11) is -4.66. The maximum absolute atomic E-state index is 14.8. The molecule has 2 aliphatic rings. The maximum Gasteiger partial charge on any atom is 0.435 e. The van der Waals surface area contributed by atoms with Gasteiger partial charge in [0.2, 0.25) is 5.91 Å². The van der Waals surface area contributed by atoms with Crippen LogP contribution in [0.1, 0.15) is 29.5 Å². The lowest BCUT2D eigenvalue weighted by molar-refractivity contribution is -0.348. The Kier molecular flexibility index (Phi) is 7.88. The number of halogens is 11. The van der Waals surface area contributed by atoms with Gasteiger partial charge in [-0.05, 0) is 54.7 Å². The van der Waals surface area contributed by atoms with Crippen LogP contribution in [0.4, 0.5) is 48.3 Å². The van der Waals surface area contributed by atoms with Crippen molar-refractivity contribution in [2.75, 3.05) is 19.6 Å². The predicted molar refractivity (Wildman–Crippen MR) is 124 cm³/mol. The summed E-state index contributed by atoms with van der Waals surface area (Å²) in [5, 5.41) is 1.65. The van der Waals surface area contributed by atoms with E-state index in [1.165, 1.54) is 4.90 Å². The average Bonchev–Trinajstić information content (AvgIpc) is 3.25. The van der Waals surface area contributed by atoms with Crippen LogP contribution in [0.15, 0.2) is 47.4 Å². The van der Waals surface area contributed by atoms with Gasteiger partial charge in [-0.25, -0.2) is 17.2 Å². The van der Waals surface area contributed by atoms with Gasteiger partial charge in [-0.1, -0.05) is 18.2 Å². The molecule has 0 spiro atoms. The number of alkyl halides is 10. The van der Waals surface area contributed by atoms with Gasteiger partial charge in [-0.2, -0.15) is 39.5 Å². The van der Waals surface area contributed by atoms with Crippen LogP contribution in [-0.4, -0.2) is 63.4 Å². The fraction of sp³-hybridized carbons (Fsp3) is 0.480. The highest BCUT2D eigenvalue weighted by atomic mass is 32.2. The van der Waals surface area contributed by atoms with Crippen LogP contribution >= 0.6 is 0 Å². The molecular formula is C25H21F11N2O3S. The summed E-state index contributed by atoms with van der Waals surface area (Å²) in [5.74, 6) is -1.93. The van der Waals surface area contributed by atoms with Crippen molar-refractivity contribution in [1.29, 1.82) is 0 Å². The number of aryl methyl sites for hydroxylation is 1. The van der Waals surface area contributed by atoms with Gasteiger partial charge in [-0.3, -0.25) is 9.69 Å². The quantitative estimate of drug-likeness (QED) is 0.336. The fourth-order valence-corrected chi connectivity index (χ4v) is 8.16. The summed E-state index contributed by atoms with van der Waals surface area (Å²) in [4.78, 5) is 13.1. The Labute approximate surface area is 231 Å². The zero-order valence-electron chi connectivity index (χ0n) is 21.1. The fourth-order valence-electron chi connectivity index (χ4n) is 5.78. The number of amides is 1. The molecule has 2 atom stereocenters. The number of rotatable bonds is 6. The van der Waals surface area contributed by atoms with Crippen LogP contribution in [-0.2, 0) is 31.5 Å². The minimum absolute atomic E-state index is 0.197. The van der Waals surface area contributed by atoms with Crippen molar-refractivity contribution in [3.05, 3.63) is 65.0 Å². The van der Waals surface area contributed by atoms with Crippen LogP contribution in [0.3, 0.4) is 0 Å². The molecule has 17 heteroatoms. The van der Waals surface area contributed by atoms with E-state index in [4.69, 9.17) is 0 Å². The Morgan fingerprint density at radius 2 is 1.52 bits per heavy atom. The number of hydrogen-bond acceptors (Lipinski definition) is 4. The number of nitrogens with zero attached hydrogens (tertiary/aromatic N) is 1. The van der Waals surface area contributed by atoms with Crippen LogP contribution in [0.5, 0.6) is 0 Å². The van der Waals surface area contributed by atoms with Gasteiger partial charge >= 0.3 is 24.2 Å². The van der Waals surface area contributed by atoms with Crippen LogP contribution in [0.2, 0.25) is 0 Å². The molecule has 4 rings (SSSR count). The number of benzene rings is 2. The molecule has 1 saturated heterocycles. The maximum atomic E-state index is 14.8. The van der Waals surface area contributed by atoms with E-state index in [1.54, 1.807) is 5.32 Å². The summed E-state index contributed by atoms with van der Waals surface area (Å²) in [6, 6.07) is 3.42. The van der Waals surface area contributed by atoms with Crippen LogP contribution in [0.25, 0.3) is 0 Å². The number of sulfone groups is 1. The van der Waals surface area contributed by atoms with Gasteiger partial charge in [0.25, 0.3) is 0 Å². The molecule has 232 valence electrons. The normalized spacial score (nSPS) is 22.0. The van der Waals surface area contributed by atoms with Crippen LogP contribution in [0, 0.1) is 5.82 Å². The van der Waals surface area contributed by atoms with Gasteiger partial charge < -0.3 is 5.32 Å². The lowest BCUT2D eigenvalue weighted by atomic mass is 9.77. The Bertz CT molecular complexity index is 1440. The summed E-state index contributed by atoms with van der Waals surface area (Å²) >= 11 is 0. The first-order valence-electron chi connectivity index (χ1n) is 12.2. The zero-order chi connectivity index (χ0) is 31.5. The molecule has 2 aromatic carbocycles. The van der Waals surface area contributed by atoms with E-state index in [2.05, 4.69) is 0 Å². The predicted octanol–water partition coefficient (Wildman–Crippen LogP) is 5.48. The molecular weight excluding hydrogens is 617 g/mol. The molecule has 0 unspecified atom stereocenters. The summed E-state index contributed by atoms with van der Waals surface area (Å²) in [6.45, 7) is -2.59. The molecule has 0 saturated carbocycles. The number of likely N-dealkylation sites (tertiary alicyclic amines) is 1. The topological polar surface area (TPSA) is 66.5 Å². The van der Waals surface area contributed by atoms with E-state index < -0.39 is 80.1 Å². The third kappa shape index (κ3) is 5.22. The lowest BCUT2D eigenvalue weighted by Gasteiger charge is -2.43. The summed E-state index contributed by atoms with van der Waals surface area (Å²) < 4.78 is 173. The highest BCUT2D eigenvalue weighted by Gasteiger charge is 2.73. The SMILES string of the molecule is O=C(CN1CC[C@@]2(S(=O)(=O)c3ccc(F)cc3)c3ccc(C(F)(C(F)(F)F)C(F)(F)F)cc3CC[C@@H]12)NCC(F)(F)F. The molecule has 1 aliphatic heterocycles. The number of carbonyl (C=O) groups excluding carboxylic acids is 1. The number of nitrogens with one attached hydrogen (secondary N) is 1. The first-order valence-corrected chi connectivity index (χ1v) is 13.7. The molecule has 2 aromatic rings. The minimum Gasteiger partial charge on any atom is -0.346 e. The Morgan fingerprint density at radius 3 is 2.07 bits per heavy atom. The molecule has 1 amide bonds. The van der Waals surface area contributed by atoms with Gasteiger partial charge in [-0.15, -0.1) is 0 Å². The Balaban J connectivity index is 1.85. The monoisotopic (exact) mass is 638 g/mol. The van der Waals surface area contributed by atoms with E-state index >= 15 is 0 Å². The van der Waals surface area contributed by atoms with Crippen molar-refractivity contribution in [3.63, 3.8) is 0 Å². The number of fused-ring (bicyclic) bond motifs is 3. The van der Waals surface area contributed by atoms with E-state index in [-0.39, 0.29) is 43.0 Å². The molecule has 1 N–H and O–H groups in total. The first-order chi connectivity index (χ1) is 19.1. The molecule has 1 heterocycles. The molecule has 0 bridgehead atoms. The summed E-state index contributed by atoms with van der Waals surface area (Å²) in [5.41, 5.74) is -8.16. The smallest absolute Gasteiger partial charge is 0.346 e. The minimum atomic E-state index is -6.41. The standard InChI is InChI=1S/C25H21F11N2O3S/c26-16-3-5-17(6-4-16)42(40,41)21-9-10-38(12-20(39)37-13-22(27,28)29)19(21)8-1-14-11-15(2-7-18(14)21)23(30,24(31,32)33)25(34,35)36/h2-7,11,19H,1,8-10,12-13H2,(H,37,39)/t19-,21-/m1/s1. The average molecular weight is 638 g/mol. The van der Waals surface area contributed by atoms with E-state index in [0.29, 0.717) is 12.1 Å². The van der Waals surface area contributed by atoms with Crippen molar-refractivity contribution in [2.45, 2.75) is 59.1 Å². The number of hydrogen-bond donors (Lipinski definition) is 1. The second-order valence-corrected chi connectivity index (χ2v) is 12.2. The third-order valence-corrected chi connectivity index (χ3v) is 10.2. The number of carbonyl (C=O) groups is 1. The Morgan fingerprint density at radius 1 is 0.929 bits per heavy atom. The molecule has 5 nitrogen and oxygen atoms in total. The van der Waals surface area contributed by atoms with Gasteiger partial charge in [0.1, 0.15) is 17.1 Å². The van der Waals surface area contributed by atoms with E-state index in [0.717, 1.165) is 24.3 Å². The zero-order valence-corrected chi connectivity index (χ0v) is 21.9. The molecule has 42 heavy (non-hydrogen) atoms. The van der Waals surface area contributed by atoms with Crippen LogP contribution < -0.4 is 5.32 Å². The van der Waals surface area contributed by atoms with Crippen molar-refractivity contribution in [2.24, 2.45) is 0 Å². The second-order valence-electron chi connectivity index (χ2n) is 10.0. The van der Waals surface area contributed by atoms with Crippen molar-refractivity contribution in [1.82, 2.24) is 10.2 Å². The van der Waals surface area contributed by atoms with Gasteiger partial charge in [0, 0.05) is 18.2 Å². The Hall–Kier alpha value is -2.95. The van der Waals surface area contributed by atoms with Crippen molar-refractivity contribution in [3.8, 4) is 0 Å². The van der Waals surface area contributed by atoms with E-state index in [1.807, 2.05) is 0 Å². The third-order valence-electron chi connectivity index (χ3n) is 7.61. The molecule has 1 fully saturated rings. The van der Waals surface area contributed by atoms with Gasteiger partial charge in [0.15, 0.2) is 9.84 Å². The first kappa shape index (κ1) is 32.0. The summed E-state index contributed by atoms with van der Waals surface area (Å²) in [6.07, 6.45) is -18.6. The molecule has 1 aliphatic carbocycles. The molecule has 0 aromatic heterocycles.